The average Bonchev–Trinajstić information content (AvgIpc) is 1.78. The summed E-state index contributed by atoms with van der Waals surface area (Å²) >= 11 is 5.10. The van der Waals surface area contributed by atoms with Crippen LogP contribution in [-0.2, 0) is 0 Å². The van der Waals surface area contributed by atoms with Crippen molar-refractivity contribution in [3.8, 4) is 0 Å². The van der Waals surface area contributed by atoms with Gasteiger partial charge in [-0.25, -0.2) is 74.8 Å². The molecule has 24 nitrogen and oxygen atoms in total. The first-order valence-corrected chi connectivity index (χ1v) is 42.3. The lowest BCUT2D eigenvalue weighted by atomic mass is 10.1. The standard InChI is InChI=1S/3C10H13N3.3C10H12N2O.3C10H12N2S/c1-6(2)8-4-9-10(5-11-8)13-7(3)12-9;1-6(2)8-4-9-10(11-5-8)13-7(3)12-9;1-6(2)10-11-5-9-8(13-10)4-7(3)12-9;1-6(2)8-4-9-10(5-11-8)13-7(3)12-9;1-6(2)8-4-9-10(11-5-8)13-7(3)12-9;1-6(2)10-11-5-9-8(12-10)4-7(3)13-9;1-6(2)8-4-9-10(5-11-8)13-7(3)12-9;1-6(2)8-4-9-10(11-5-8)13-7(3)12-9;1-6(2)10-11-5-9-8(12-10)4-7(3)13-9/h4-6H,1-3H3,(H,12,13);4-6H,1-3H3,(H,11,12,13);4-6,12H,1-3H3;6*4-6H,1-3H3. The topological polar surface area (TPSA) is 319 Å². The van der Waals surface area contributed by atoms with E-state index in [2.05, 4.69) is 260 Å². The number of hydrogen-bond donors (Lipinski definition) is 3. The molecule has 0 amide bonds. The summed E-state index contributed by atoms with van der Waals surface area (Å²) < 4.78 is 18.4. The molecular weight excluding hydrogens is 1520 g/mol. The molecule has 0 aliphatic rings. The van der Waals surface area contributed by atoms with Crippen molar-refractivity contribution in [3.05, 3.63) is 211 Å². The Labute approximate surface area is 696 Å². The van der Waals surface area contributed by atoms with Gasteiger partial charge in [0.15, 0.2) is 28.6 Å². The van der Waals surface area contributed by atoms with Gasteiger partial charge >= 0.3 is 0 Å². The van der Waals surface area contributed by atoms with E-state index in [0.717, 1.165) is 150 Å². The number of rotatable bonds is 9. The van der Waals surface area contributed by atoms with Crippen molar-refractivity contribution in [2.45, 2.75) is 240 Å². The Balaban J connectivity index is 0.000000139. The van der Waals surface area contributed by atoms with Gasteiger partial charge in [0.05, 0.1) is 82.8 Å². The van der Waals surface area contributed by atoms with E-state index in [1.54, 1.807) is 46.4 Å². The molecule has 0 aliphatic carbocycles. The van der Waals surface area contributed by atoms with Gasteiger partial charge in [-0.1, -0.05) is 136 Å². The molecule has 0 atom stereocenters. The van der Waals surface area contributed by atoms with Crippen LogP contribution in [0.4, 0.5) is 0 Å². The lowest BCUT2D eigenvalue weighted by molar-refractivity contribution is 0.551. The van der Waals surface area contributed by atoms with Gasteiger partial charge in [-0.15, -0.1) is 22.7 Å². The predicted molar refractivity (Wildman–Crippen MR) is 479 cm³/mol. The first kappa shape index (κ1) is 88.2. The van der Waals surface area contributed by atoms with E-state index in [-0.39, 0.29) is 0 Å². The Kier molecular flexibility index (Phi) is 29.9. The van der Waals surface area contributed by atoms with E-state index in [4.69, 9.17) is 13.3 Å². The number of H-pyrrole nitrogens is 3. The highest BCUT2D eigenvalue weighted by atomic mass is 32.1. The number of pyridine rings is 6. The summed E-state index contributed by atoms with van der Waals surface area (Å²) in [6.45, 7) is 55.9. The zero-order valence-electron chi connectivity index (χ0n) is 72.6. The smallest absolute Gasteiger partial charge is 0.246 e. The molecule has 3 N–H and O–H groups in total. The fourth-order valence-corrected chi connectivity index (χ4v) is 14.0. The molecule has 0 aromatic carbocycles. The Bertz CT molecular complexity index is 5080. The third kappa shape index (κ3) is 24.2. The van der Waals surface area contributed by atoms with E-state index in [1.165, 1.54) is 31.0 Å². The SMILES string of the molecule is Cc1cc2nc(C(C)C)ncc2[nH]1.Cc1cc2nc(C(C)C)ncc2o1.Cc1cc2nc(C(C)C)ncc2s1.Cc1nc2cc(C(C)C)cnc2o1.Cc1nc2cc(C(C)C)cnc2s1.Cc1nc2cc(C(C)C)ncc2[nH]1.Cc1nc2cc(C(C)C)ncc2o1.Cc1nc2cc(C(C)C)ncc2s1.Cc1nc2ncc(C(C)C)cc2[nH]1. The molecule has 0 saturated heterocycles. The second-order valence-electron chi connectivity index (χ2n) is 31.7. The van der Waals surface area contributed by atoms with Gasteiger partial charge < -0.3 is 28.2 Å². The molecule has 117 heavy (non-hydrogen) atoms. The molecule has 0 unspecified atom stereocenters. The lowest BCUT2D eigenvalue weighted by Crippen LogP contribution is -1.95. The number of nitrogens with zero attached hydrogens (tertiary/aromatic N) is 18. The minimum absolute atomic E-state index is 0.361. The van der Waals surface area contributed by atoms with E-state index in [9.17, 15) is 0 Å². The number of aromatic nitrogens is 21. The molecular formula is C90H111N21O3S3. The highest BCUT2D eigenvalue weighted by molar-refractivity contribution is 7.19. The summed E-state index contributed by atoms with van der Waals surface area (Å²) in [6, 6.07) is 18.5. The molecule has 18 rings (SSSR count). The van der Waals surface area contributed by atoms with Crippen LogP contribution in [0.5, 0.6) is 0 Å². The number of aryl methyl sites for hydroxylation is 9. The summed E-state index contributed by atoms with van der Waals surface area (Å²) in [5, 5.41) is 2.20. The first-order chi connectivity index (χ1) is 55.5. The highest BCUT2D eigenvalue weighted by Gasteiger charge is 2.14. The second kappa shape index (κ2) is 39.7. The molecule has 612 valence electrons. The number of hydrogen-bond acceptors (Lipinski definition) is 24. The van der Waals surface area contributed by atoms with E-state index in [1.807, 2.05) is 129 Å². The molecule has 0 saturated carbocycles. The molecule has 0 fully saturated rings. The zero-order chi connectivity index (χ0) is 84.8. The van der Waals surface area contributed by atoms with Crippen LogP contribution in [-0.4, -0.2) is 105 Å². The van der Waals surface area contributed by atoms with E-state index in [0.29, 0.717) is 70.8 Å². The number of fused-ring (bicyclic) bond motifs is 9. The molecule has 18 aromatic heterocycles. The van der Waals surface area contributed by atoms with Crippen LogP contribution in [0.3, 0.4) is 0 Å². The van der Waals surface area contributed by atoms with Crippen molar-refractivity contribution < 1.29 is 13.3 Å². The van der Waals surface area contributed by atoms with Crippen molar-refractivity contribution in [2.24, 2.45) is 0 Å². The van der Waals surface area contributed by atoms with Crippen LogP contribution >= 0.6 is 34.0 Å². The molecule has 18 aromatic rings. The third-order valence-electron chi connectivity index (χ3n) is 18.2. The fourth-order valence-electron chi connectivity index (χ4n) is 11.7. The van der Waals surface area contributed by atoms with Crippen molar-refractivity contribution in [3.63, 3.8) is 0 Å². The Morgan fingerprint density at radius 2 is 0.735 bits per heavy atom. The molecule has 0 radical (unpaired) electrons. The lowest BCUT2D eigenvalue weighted by Gasteiger charge is -2.02. The summed E-state index contributed by atoms with van der Waals surface area (Å²) in [5.74, 6) is 10.9. The summed E-state index contributed by atoms with van der Waals surface area (Å²) in [5.41, 5.74) is 22.0. The molecule has 18 heterocycles. The number of aromatic amines is 3. The Morgan fingerprint density at radius 1 is 0.291 bits per heavy atom. The van der Waals surface area contributed by atoms with Crippen LogP contribution in [0.2, 0.25) is 0 Å². The largest absolute Gasteiger partial charge is 0.458 e. The Hall–Kier alpha value is -11.2. The van der Waals surface area contributed by atoms with Gasteiger partial charge in [0, 0.05) is 96.3 Å². The molecule has 0 aliphatic heterocycles. The Morgan fingerprint density at radius 3 is 1.38 bits per heavy atom. The normalized spacial score (nSPS) is 11.4. The molecule has 0 bridgehead atoms. The second-order valence-corrected chi connectivity index (χ2v) is 35.4. The minimum atomic E-state index is 0.361. The van der Waals surface area contributed by atoms with Gasteiger partial charge in [0.25, 0.3) is 0 Å². The van der Waals surface area contributed by atoms with Gasteiger partial charge in [-0.3, -0.25) is 15.0 Å². The van der Waals surface area contributed by atoms with E-state index < -0.39 is 0 Å². The highest BCUT2D eigenvalue weighted by Crippen LogP contribution is 2.29. The maximum Gasteiger partial charge on any atom is 0.246 e. The number of nitrogens with one attached hydrogen (secondary N) is 3. The number of oxazole rings is 2. The summed E-state index contributed by atoms with van der Waals surface area (Å²) in [7, 11) is 0. The maximum atomic E-state index is 5.38. The summed E-state index contributed by atoms with van der Waals surface area (Å²) in [4.78, 5) is 89.8. The van der Waals surface area contributed by atoms with Gasteiger partial charge in [-0.2, -0.15) is 0 Å². The number of thiazole rings is 2. The maximum absolute atomic E-state index is 5.38. The van der Waals surface area contributed by atoms with Crippen LogP contribution in [0.1, 0.15) is 279 Å². The summed E-state index contributed by atoms with van der Waals surface area (Å²) in [6.07, 6.45) is 16.7. The van der Waals surface area contributed by atoms with Crippen molar-refractivity contribution in [1.29, 1.82) is 0 Å². The van der Waals surface area contributed by atoms with Crippen LogP contribution in [0, 0.1) is 62.3 Å². The number of thiophene rings is 1. The van der Waals surface area contributed by atoms with Gasteiger partial charge in [0.2, 0.25) is 5.71 Å². The fraction of sp³-hybridized carbons (Fsp3) is 0.400. The number of imidazole rings is 2. The minimum Gasteiger partial charge on any atom is -0.458 e. The molecule has 0 spiro atoms. The monoisotopic (exact) mass is 1630 g/mol. The van der Waals surface area contributed by atoms with Crippen molar-refractivity contribution in [1.82, 2.24) is 105 Å². The van der Waals surface area contributed by atoms with Crippen molar-refractivity contribution >= 4 is 131 Å². The average molecular weight is 1630 g/mol. The van der Waals surface area contributed by atoms with Crippen LogP contribution < -0.4 is 0 Å². The number of furan rings is 1. The quantitative estimate of drug-likeness (QED) is 0.121. The van der Waals surface area contributed by atoms with Crippen molar-refractivity contribution in [2.75, 3.05) is 0 Å². The van der Waals surface area contributed by atoms with Crippen LogP contribution in [0.15, 0.2) is 124 Å². The van der Waals surface area contributed by atoms with Gasteiger partial charge in [-0.05, 0) is 149 Å². The molecule has 27 heteroatoms. The van der Waals surface area contributed by atoms with Crippen LogP contribution in [0.25, 0.3) is 97.4 Å². The predicted octanol–water partition coefficient (Wildman–Crippen LogP) is 24.5. The van der Waals surface area contributed by atoms with E-state index >= 15 is 0 Å². The van der Waals surface area contributed by atoms with Gasteiger partial charge in [0.1, 0.15) is 61.8 Å². The third-order valence-corrected chi connectivity index (χ3v) is 21.0. The zero-order valence-corrected chi connectivity index (χ0v) is 75.0. The first-order valence-electron chi connectivity index (χ1n) is 39.8.